The largest absolute Gasteiger partial charge is 0.496 e. The average molecular weight is 536 g/mol. The number of amides is 1. The van der Waals surface area contributed by atoms with Gasteiger partial charge in [0.25, 0.3) is 0 Å². The van der Waals surface area contributed by atoms with Crippen LogP contribution in [0.3, 0.4) is 0 Å². The first-order valence-corrected chi connectivity index (χ1v) is 13.2. The molecule has 0 unspecified atom stereocenters. The molecule has 0 aliphatic rings. The van der Waals surface area contributed by atoms with Crippen molar-refractivity contribution < 1.29 is 19.0 Å². The molecule has 0 radical (unpaired) electrons. The van der Waals surface area contributed by atoms with Crippen molar-refractivity contribution in [3.05, 3.63) is 82.6 Å². The molecule has 0 saturated heterocycles. The number of imidazole rings is 1. The zero-order valence-electron chi connectivity index (χ0n) is 22.1. The summed E-state index contributed by atoms with van der Waals surface area (Å²) >= 11 is 6.48. The highest BCUT2D eigenvalue weighted by atomic mass is 35.5. The van der Waals surface area contributed by atoms with E-state index in [9.17, 15) is 4.79 Å². The van der Waals surface area contributed by atoms with Crippen LogP contribution in [-0.2, 0) is 24.3 Å². The summed E-state index contributed by atoms with van der Waals surface area (Å²) in [5.74, 6) is 2.84. The van der Waals surface area contributed by atoms with Gasteiger partial charge >= 0.3 is 0 Å². The van der Waals surface area contributed by atoms with E-state index in [1.54, 1.807) is 21.3 Å². The van der Waals surface area contributed by atoms with Crippen molar-refractivity contribution in [2.24, 2.45) is 0 Å². The summed E-state index contributed by atoms with van der Waals surface area (Å²) in [7, 11) is 4.85. The second kappa shape index (κ2) is 13.2. The molecule has 200 valence electrons. The standard InChI is InChI=1S/C30H34ClN3O4/c1-36-25-15-10-7-12-22(25)20-34-24-14-9-8-13-23(24)33-27(34)19-32-28(35)16-6-4-5-11-21-17-18-26(37-2)30(38-3)29(21)31/h7-10,12-15,17-18H,4-6,11,16,19-20H2,1-3H3,(H,32,35). The van der Waals surface area contributed by atoms with Gasteiger partial charge in [0.1, 0.15) is 11.6 Å². The molecule has 0 atom stereocenters. The number of hydrogen-bond acceptors (Lipinski definition) is 5. The van der Waals surface area contributed by atoms with Crippen LogP contribution in [0.15, 0.2) is 60.7 Å². The first-order valence-electron chi connectivity index (χ1n) is 12.8. The Labute approximate surface area is 228 Å². The molecule has 0 aliphatic heterocycles. The maximum Gasteiger partial charge on any atom is 0.220 e. The van der Waals surface area contributed by atoms with Crippen LogP contribution in [0.1, 0.15) is 42.6 Å². The number of nitrogens with zero attached hydrogens (tertiary/aromatic N) is 2. The Morgan fingerprint density at radius 1 is 0.868 bits per heavy atom. The number of ether oxygens (including phenoxy) is 3. The number of carbonyl (C=O) groups is 1. The van der Waals surface area contributed by atoms with E-state index < -0.39 is 0 Å². The van der Waals surface area contributed by atoms with E-state index in [2.05, 4.69) is 9.88 Å². The van der Waals surface area contributed by atoms with Gasteiger partial charge in [-0.15, -0.1) is 0 Å². The highest BCUT2D eigenvalue weighted by Crippen LogP contribution is 2.37. The summed E-state index contributed by atoms with van der Waals surface area (Å²) in [5, 5.41) is 3.64. The number of aryl methyl sites for hydroxylation is 1. The number of benzene rings is 3. The highest BCUT2D eigenvalue weighted by molar-refractivity contribution is 6.33. The second-order valence-electron chi connectivity index (χ2n) is 9.03. The molecule has 0 aliphatic carbocycles. The molecule has 0 bridgehead atoms. The predicted molar refractivity (Wildman–Crippen MR) is 150 cm³/mol. The molecule has 0 spiro atoms. The normalized spacial score (nSPS) is 10.9. The number of para-hydroxylation sites is 3. The number of nitrogens with one attached hydrogen (secondary N) is 1. The fourth-order valence-electron chi connectivity index (χ4n) is 4.61. The number of fused-ring (bicyclic) bond motifs is 1. The lowest BCUT2D eigenvalue weighted by Gasteiger charge is -2.13. The van der Waals surface area contributed by atoms with Gasteiger partial charge in [0.2, 0.25) is 5.91 Å². The van der Waals surface area contributed by atoms with Crippen LogP contribution in [0, 0.1) is 0 Å². The van der Waals surface area contributed by atoms with Crippen molar-refractivity contribution in [2.75, 3.05) is 21.3 Å². The molecule has 3 aromatic carbocycles. The molecule has 4 rings (SSSR count). The molecule has 0 saturated carbocycles. The molecule has 1 aromatic heterocycles. The van der Waals surface area contributed by atoms with Gasteiger partial charge in [-0.1, -0.05) is 54.4 Å². The summed E-state index contributed by atoms with van der Waals surface area (Å²) in [4.78, 5) is 17.4. The topological polar surface area (TPSA) is 74.6 Å². The third-order valence-corrected chi connectivity index (χ3v) is 7.03. The number of aromatic nitrogens is 2. The SMILES string of the molecule is COc1ccccc1Cn1c(CNC(=O)CCCCCc2ccc(OC)c(OC)c2Cl)nc2ccccc21. The molecule has 7 nitrogen and oxygen atoms in total. The Morgan fingerprint density at radius 2 is 1.63 bits per heavy atom. The fourth-order valence-corrected chi connectivity index (χ4v) is 4.94. The zero-order chi connectivity index (χ0) is 26.9. The molecule has 4 aromatic rings. The van der Waals surface area contributed by atoms with Crippen LogP contribution in [0.4, 0.5) is 0 Å². The summed E-state index contributed by atoms with van der Waals surface area (Å²) in [6.07, 6.45) is 3.93. The van der Waals surface area contributed by atoms with Crippen LogP contribution in [0.5, 0.6) is 17.2 Å². The first-order chi connectivity index (χ1) is 18.5. The Hall–Kier alpha value is -3.71. The Bertz CT molecular complexity index is 1390. The van der Waals surface area contributed by atoms with Crippen molar-refractivity contribution in [2.45, 2.75) is 45.2 Å². The van der Waals surface area contributed by atoms with Crippen molar-refractivity contribution >= 4 is 28.5 Å². The van der Waals surface area contributed by atoms with Crippen molar-refractivity contribution in [3.8, 4) is 17.2 Å². The lowest BCUT2D eigenvalue weighted by Crippen LogP contribution is -2.24. The van der Waals surface area contributed by atoms with Gasteiger partial charge in [0.15, 0.2) is 11.5 Å². The van der Waals surface area contributed by atoms with Crippen molar-refractivity contribution in [1.29, 1.82) is 0 Å². The average Bonchev–Trinajstić information content (AvgIpc) is 3.29. The summed E-state index contributed by atoms with van der Waals surface area (Å²) in [5.41, 5.74) is 4.00. The number of unbranched alkanes of at least 4 members (excludes halogenated alkanes) is 2. The second-order valence-corrected chi connectivity index (χ2v) is 9.40. The van der Waals surface area contributed by atoms with Gasteiger partial charge in [-0.3, -0.25) is 4.79 Å². The summed E-state index contributed by atoms with van der Waals surface area (Å²) in [6.45, 7) is 0.971. The van der Waals surface area contributed by atoms with E-state index in [4.69, 9.17) is 30.8 Å². The number of rotatable bonds is 13. The fraction of sp³-hybridized carbons (Fsp3) is 0.333. The van der Waals surface area contributed by atoms with Crippen LogP contribution >= 0.6 is 11.6 Å². The van der Waals surface area contributed by atoms with E-state index in [1.807, 2.05) is 60.7 Å². The third kappa shape index (κ3) is 6.40. The number of hydrogen-bond donors (Lipinski definition) is 1. The van der Waals surface area contributed by atoms with Crippen LogP contribution in [0.25, 0.3) is 11.0 Å². The molecule has 1 N–H and O–H groups in total. The molecule has 1 amide bonds. The molecular weight excluding hydrogens is 502 g/mol. The van der Waals surface area contributed by atoms with Crippen LogP contribution in [-0.4, -0.2) is 36.8 Å². The van der Waals surface area contributed by atoms with Gasteiger partial charge < -0.3 is 24.1 Å². The van der Waals surface area contributed by atoms with Gasteiger partial charge in [0, 0.05) is 12.0 Å². The lowest BCUT2D eigenvalue weighted by atomic mass is 10.1. The molecule has 38 heavy (non-hydrogen) atoms. The summed E-state index contributed by atoms with van der Waals surface area (Å²) in [6, 6.07) is 19.8. The summed E-state index contributed by atoms with van der Waals surface area (Å²) < 4.78 is 18.4. The minimum absolute atomic E-state index is 0.0186. The van der Waals surface area contributed by atoms with Crippen molar-refractivity contribution in [1.82, 2.24) is 14.9 Å². The van der Waals surface area contributed by atoms with Gasteiger partial charge in [-0.2, -0.15) is 0 Å². The molecule has 0 fully saturated rings. The third-order valence-electron chi connectivity index (χ3n) is 6.61. The van der Waals surface area contributed by atoms with Crippen LogP contribution < -0.4 is 19.5 Å². The monoisotopic (exact) mass is 535 g/mol. The van der Waals surface area contributed by atoms with E-state index in [0.717, 1.165) is 59.4 Å². The maximum atomic E-state index is 12.6. The number of halogens is 1. The molecule has 8 heteroatoms. The Morgan fingerprint density at radius 3 is 2.42 bits per heavy atom. The van der Waals surface area contributed by atoms with Gasteiger partial charge in [-0.05, 0) is 49.1 Å². The Balaban J connectivity index is 1.31. The van der Waals surface area contributed by atoms with Crippen LogP contribution in [0.2, 0.25) is 5.02 Å². The molecule has 1 heterocycles. The van der Waals surface area contributed by atoms with E-state index in [-0.39, 0.29) is 5.91 Å². The van der Waals surface area contributed by atoms with Gasteiger partial charge in [0.05, 0.1) is 50.5 Å². The predicted octanol–water partition coefficient (Wildman–Crippen LogP) is 6.18. The maximum absolute atomic E-state index is 12.6. The number of carbonyl (C=O) groups excluding carboxylic acids is 1. The quantitative estimate of drug-likeness (QED) is 0.207. The minimum Gasteiger partial charge on any atom is -0.496 e. The molecular formula is C30H34ClN3O4. The Kier molecular flexibility index (Phi) is 9.49. The smallest absolute Gasteiger partial charge is 0.220 e. The minimum atomic E-state index is 0.0186. The first kappa shape index (κ1) is 27.3. The van der Waals surface area contributed by atoms with Gasteiger partial charge in [-0.25, -0.2) is 4.98 Å². The van der Waals surface area contributed by atoms with E-state index >= 15 is 0 Å². The van der Waals surface area contributed by atoms with E-state index in [0.29, 0.717) is 36.0 Å². The van der Waals surface area contributed by atoms with Crippen molar-refractivity contribution in [3.63, 3.8) is 0 Å². The number of methoxy groups -OCH3 is 3. The lowest BCUT2D eigenvalue weighted by molar-refractivity contribution is -0.121. The van der Waals surface area contributed by atoms with E-state index in [1.165, 1.54) is 0 Å². The zero-order valence-corrected chi connectivity index (χ0v) is 22.9. The highest BCUT2D eigenvalue weighted by Gasteiger charge is 2.15.